The fraction of sp³-hybridized carbons (Fsp3) is 0.556. The van der Waals surface area contributed by atoms with Crippen LogP contribution in [0.15, 0.2) is 72.8 Å². The van der Waals surface area contributed by atoms with Gasteiger partial charge in [0.05, 0.1) is 37.9 Å². The van der Waals surface area contributed by atoms with Crippen LogP contribution < -0.4 is 10.6 Å². The van der Waals surface area contributed by atoms with Crippen LogP contribution in [-0.2, 0) is 20.8 Å². The van der Waals surface area contributed by atoms with Crippen LogP contribution in [0.3, 0.4) is 0 Å². The van der Waals surface area contributed by atoms with Crippen molar-refractivity contribution in [3.8, 4) is 0 Å². The molecule has 0 saturated carbocycles. The first-order valence-corrected chi connectivity index (χ1v) is 21.6. The Labute approximate surface area is 347 Å². The maximum absolute atomic E-state index is 6.19. The van der Waals surface area contributed by atoms with E-state index in [1.165, 1.54) is 17.5 Å². The Bertz CT molecular complexity index is 1510. The molecule has 0 amide bonds. The lowest BCUT2D eigenvalue weighted by Gasteiger charge is -2.39. The van der Waals surface area contributed by atoms with Gasteiger partial charge in [0.15, 0.2) is 0 Å². The number of fused-ring (bicyclic) bond motifs is 1. The average molecular weight is 812 g/mol. The standard InChI is InChI=1S/C30H33Cl2N5.C13H29NO3.C2H6/c1-2-3-16-33-30-26-6-4-5-7-27(26)34-28(35-30)21-36-17-19-37(20-18-36)29(22-8-12-24(31)13-9-22)23-10-14-25(32)15-11-23;1-3-8-15-9-5-4-6-10-16-12-13-17-11-7-14-2;1-2/h4-15,29H,2-3,16-21H2,1H3,(H,33,34,35);14H,3-13H2,1-2H3;1-2H3. The monoisotopic (exact) mass is 810 g/mol. The molecule has 0 atom stereocenters. The van der Waals surface area contributed by atoms with Crippen molar-refractivity contribution in [2.24, 2.45) is 0 Å². The summed E-state index contributed by atoms with van der Waals surface area (Å²) in [5.41, 5.74) is 3.47. The highest BCUT2D eigenvalue weighted by atomic mass is 35.5. The highest BCUT2D eigenvalue weighted by Crippen LogP contribution is 2.31. The molecule has 310 valence electrons. The number of ether oxygens (including phenoxy) is 3. The number of nitrogens with zero attached hydrogens (tertiary/aromatic N) is 4. The minimum Gasteiger partial charge on any atom is -0.381 e. The molecule has 1 aromatic heterocycles. The van der Waals surface area contributed by atoms with Crippen molar-refractivity contribution in [1.29, 1.82) is 0 Å². The van der Waals surface area contributed by atoms with Crippen molar-refractivity contribution in [3.63, 3.8) is 0 Å². The van der Waals surface area contributed by atoms with E-state index in [1.54, 1.807) is 0 Å². The first-order chi connectivity index (χ1) is 27.5. The lowest BCUT2D eigenvalue weighted by atomic mass is 9.96. The number of rotatable bonds is 23. The third-order valence-corrected chi connectivity index (χ3v) is 9.78. The van der Waals surface area contributed by atoms with Crippen LogP contribution in [-0.4, -0.2) is 106 Å². The van der Waals surface area contributed by atoms with Gasteiger partial charge >= 0.3 is 0 Å². The van der Waals surface area contributed by atoms with E-state index in [0.717, 1.165) is 137 Å². The summed E-state index contributed by atoms with van der Waals surface area (Å²) < 4.78 is 16.2. The average Bonchev–Trinajstić information content (AvgIpc) is 3.23. The molecule has 5 rings (SSSR count). The number of nitrogens with one attached hydrogen (secondary N) is 2. The zero-order valence-corrected chi connectivity index (χ0v) is 36.2. The molecule has 0 radical (unpaired) electrons. The van der Waals surface area contributed by atoms with Crippen molar-refractivity contribution >= 4 is 39.9 Å². The molecule has 1 saturated heterocycles. The molecule has 1 aliphatic heterocycles. The highest BCUT2D eigenvalue weighted by molar-refractivity contribution is 6.30. The second-order valence-electron chi connectivity index (χ2n) is 13.6. The van der Waals surface area contributed by atoms with Crippen molar-refractivity contribution < 1.29 is 14.2 Å². The number of likely N-dealkylation sites (N-methyl/N-ethyl adjacent to an activating group) is 1. The number of hydrogen-bond donors (Lipinski definition) is 2. The van der Waals surface area contributed by atoms with Gasteiger partial charge in [-0.05, 0) is 86.7 Å². The van der Waals surface area contributed by atoms with Gasteiger partial charge in [0, 0.05) is 74.5 Å². The van der Waals surface area contributed by atoms with Crippen molar-refractivity contribution in [3.05, 3.63) is 99.8 Å². The Balaban J connectivity index is 0.000000375. The number of benzene rings is 3. The van der Waals surface area contributed by atoms with Crippen molar-refractivity contribution in [1.82, 2.24) is 25.1 Å². The van der Waals surface area contributed by atoms with Gasteiger partial charge in [0.25, 0.3) is 0 Å². The molecule has 3 aromatic carbocycles. The first-order valence-electron chi connectivity index (χ1n) is 20.9. The third-order valence-electron chi connectivity index (χ3n) is 9.28. The van der Waals surface area contributed by atoms with Gasteiger partial charge in [-0.1, -0.05) is 93.7 Å². The molecular formula is C45H68Cl2N6O3. The molecule has 0 bridgehead atoms. The van der Waals surface area contributed by atoms with Gasteiger partial charge in [0.1, 0.15) is 11.6 Å². The maximum Gasteiger partial charge on any atom is 0.145 e. The number of unbranched alkanes of at least 4 members (excludes halogenated alkanes) is 3. The first kappa shape index (κ1) is 47.5. The second kappa shape index (κ2) is 29.4. The van der Waals surface area contributed by atoms with E-state index in [2.05, 4.69) is 70.7 Å². The van der Waals surface area contributed by atoms with E-state index in [-0.39, 0.29) is 6.04 Å². The number of hydrogen-bond acceptors (Lipinski definition) is 9. The van der Waals surface area contributed by atoms with Gasteiger partial charge in [0.2, 0.25) is 0 Å². The molecule has 0 aliphatic carbocycles. The number of halogens is 2. The lowest BCUT2D eigenvalue weighted by molar-refractivity contribution is 0.0468. The summed E-state index contributed by atoms with van der Waals surface area (Å²) >= 11 is 12.4. The van der Waals surface area contributed by atoms with Crippen LogP contribution >= 0.6 is 23.2 Å². The highest BCUT2D eigenvalue weighted by Gasteiger charge is 2.27. The van der Waals surface area contributed by atoms with E-state index in [0.29, 0.717) is 13.2 Å². The smallest absolute Gasteiger partial charge is 0.145 e. The second-order valence-corrected chi connectivity index (χ2v) is 14.5. The molecule has 2 heterocycles. The van der Waals surface area contributed by atoms with E-state index < -0.39 is 0 Å². The van der Waals surface area contributed by atoms with E-state index in [9.17, 15) is 0 Å². The van der Waals surface area contributed by atoms with Gasteiger partial charge in [-0.15, -0.1) is 0 Å². The summed E-state index contributed by atoms with van der Waals surface area (Å²) in [6.07, 6.45) is 6.83. The Kier molecular flexibility index (Phi) is 24.9. The topological polar surface area (TPSA) is 84.0 Å². The molecule has 1 aliphatic rings. The van der Waals surface area contributed by atoms with Crippen LogP contribution in [0, 0.1) is 0 Å². The molecule has 0 unspecified atom stereocenters. The van der Waals surface area contributed by atoms with Crippen molar-refractivity contribution in [2.75, 3.05) is 91.3 Å². The lowest BCUT2D eigenvalue weighted by Crippen LogP contribution is -2.47. The number of aromatic nitrogens is 2. The summed E-state index contributed by atoms with van der Waals surface area (Å²) in [6.45, 7) is 19.5. The Morgan fingerprint density at radius 3 is 1.82 bits per heavy atom. The van der Waals surface area contributed by atoms with Crippen molar-refractivity contribution in [2.45, 2.75) is 78.8 Å². The predicted molar refractivity (Wildman–Crippen MR) is 236 cm³/mol. The minimum absolute atomic E-state index is 0.156. The molecule has 1 fully saturated rings. The third kappa shape index (κ3) is 17.7. The van der Waals surface area contributed by atoms with E-state index in [1.807, 2.05) is 57.3 Å². The molecule has 9 nitrogen and oxygen atoms in total. The Morgan fingerprint density at radius 2 is 1.23 bits per heavy atom. The van der Waals surface area contributed by atoms with Crippen LogP contribution in [0.5, 0.6) is 0 Å². The SMILES string of the molecule is CC.CCCCNc1nc(CN2CCN(C(c3ccc(Cl)cc3)c3ccc(Cl)cc3)CC2)nc2ccccc12.CCCOCCCCCOCCOCCNC. The van der Waals surface area contributed by atoms with Crippen LogP contribution in [0.2, 0.25) is 10.0 Å². The summed E-state index contributed by atoms with van der Waals surface area (Å²) in [5.74, 6) is 1.82. The minimum atomic E-state index is 0.156. The van der Waals surface area contributed by atoms with E-state index in [4.69, 9.17) is 47.4 Å². The maximum atomic E-state index is 6.19. The van der Waals surface area contributed by atoms with Gasteiger partial charge in [-0.2, -0.15) is 0 Å². The molecule has 56 heavy (non-hydrogen) atoms. The predicted octanol–water partition coefficient (Wildman–Crippen LogP) is 9.92. The Hall–Kier alpha value is -2.86. The molecule has 0 spiro atoms. The molecule has 11 heteroatoms. The fourth-order valence-corrected chi connectivity index (χ4v) is 6.58. The molecule has 2 N–H and O–H groups in total. The van der Waals surface area contributed by atoms with Gasteiger partial charge in [-0.3, -0.25) is 9.80 Å². The largest absolute Gasteiger partial charge is 0.381 e. The van der Waals surface area contributed by atoms with Crippen LogP contribution in [0.25, 0.3) is 10.9 Å². The number of para-hydroxylation sites is 1. The molecular weight excluding hydrogens is 743 g/mol. The van der Waals surface area contributed by atoms with E-state index >= 15 is 0 Å². The summed E-state index contributed by atoms with van der Waals surface area (Å²) in [4.78, 5) is 14.8. The van der Waals surface area contributed by atoms with Gasteiger partial charge < -0.3 is 24.8 Å². The zero-order valence-electron chi connectivity index (χ0n) is 34.7. The summed E-state index contributed by atoms with van der Waals surface area (Å²) in [5, 5.41) is 9.15. The van der Waals surface area contributed by atoms with Gasteiger partial charge in [-0.25, -0.2) is 9.97 Å². The quantitative estimate of drug-likeness (QED) is 0.0712. The fourth-order valence-electron chi connectivity index (χ4n) is 6.33. The number of piperazine rings is 1. The normalized spacial score (nSPS) is 13.3. The van der Waals surface area contributed by atoms with Crippen LogP contribution in [0.1, 0.15) is 89.2 Å². The zero-order chi connectivity index (χ0) is 40.2. The number of anilines is 1. The summed E-state index contributed by atoms with van der Waals surface area (Å²) in [7, 11) is 1.92. The van der Waals surface area contributed by atoms with Crippen LogP contribution in [0.4, 0.5) is 5.82 Å². The summed E-state index contributed by atoms with van der Waals surface area (Å²) in [6, 6.07) is 24.8. The molecule has 4 aromatic rings. The Morgan fingerprint density at radius 1 is 0.643 bits per heavy atom.